The maximum absolute atomic E-state index is 12.9. The number of nitrogens with zero attached hydrogens (tertiary/aromatic N) is 3. The van der Waals surface area contributed by atoms with E-state index in [9.17, 15) is 8.42 Å². The molecule has 29 heavy (non-hydrogen) atoms. The summed E-state index contributed by atoms with van der Waals surface area (Å²) in [5, 5.41) is 0. The highest BCUT2D eigenvalue weighted by molar-refractivity contribution is 7.89. The summed E-state index contributed by atoms with van der Waals surface area (Å²) in [6, 6.07) is 13.0. The van der Waals surface area contributed by atoms with Gasteiger partial charge in [-0.2, -0.15) is 4.31 Å². The number of aryl methyl sites for hydroxylation is 1. The monoisotopic (exact) mass is 414 g/mol. The highest BCUT2D eigenvalue weighted by atomic mass is 32.2. The lowest BCUT2D eigenvalue weighted by molar-refractivity contribution is 0.178. The van der Waals surface area contributed by atoms with Gasteiger partial charge >= 0.3 is 0 Å². The van der Waals surface area contributed by atoms with Crippen molar-refractivity contribution in [2.75, 3.05) is 33.3 Å². The molecule has 7 nitrogen and oxygen atoms in total. The van der Waals surface area contributed by atoms with E-state index in [-0.39, 0.29) is 0 Å². The van der Waals surface area contributed by atoms with Gasteiger partial charge in [0.25, 0.3) is 0 Å². The first kappa shape index (κ1) is 19.9. The van der Waals surface area contributed by atoms with Gasteiger partial charge in [0.05, 0.1) is 29.6 Å². The van der Waals surface area contributed by atoms with E-state index < -0.39 is 10.0 Å². The van der Waals surface area contributed by atoms with Crippen molar-refractivity contribution in [3.63, 3.8) is 0 Å². The topological polar surface area (TPSA) is 78.5 Å². The highest BCUT2D eigenvalue weighted by Crippen LogP contribution is 2.21. The molecule has 0 bridgehead atoms. The van der Waals surface area contributed by atoms with E-state index in [1.165, 1.54) is 0 Å². The van der Waals surface area contributed by atoms with E-state index in [0.29, 0.717) is 37.6 Å². The summed E-state index contributed by atoms with van der Waals surface area (Å²) in [7, 11) is -1.80. The number of benzene rings is 2. The molecule has 8 heteroatoms. The van der Waals surface area contributed by atoms with Crippen LogP contribution in [-0.2, 0) is 23.0 Å². The molecule has 2 heterocycles. The first-order valence-corrected chi connectivity index (χ1v) is 11.3. The summed E-state index contributed by atoms with van der Waals surface area (Å²) >= 11 is 0. The molecule has 0 radical (unpaired) electrons. The number of ether oxygens (including phenoxy) is 1. The number of sulfonamides is 1. The molecule has 0 atom stereocenters. The third-order valence-electron chi connectivity index (χ3n) is 5.41. The third-order valence-corrected chi connectivity index (χ3v) is 7.32. The van der Waals surface area contributed by atoms with E-state index in [2.05, 4.69) is 21.8 Å². The summed E-state index contributed by atoms with van der Waals surface area (Å²) in [5.74, 6) is 1.67. The van der Waals surface area contributed by atoms with Crippen LogP contribution in [-0.4, -0.2) is 60.9 Å². The van der Waals surface area contributed by atoms with Crippen molar-refractivity contribution < 1.29 is 13.2 Å². The Hall–Kier alpha value is -2.42. The van der Waals surface area contributed by atoms with E-state index in [4.69, 9.17) is 4.74 Å². The number of aromatic nitrogens is 2. The predicted molar refractivity (Wildman–Crippen MR) is 113 cm³/mol. The van der Waals surface area contributed by atoms with Crippen LogP contribution in [0.1, 0.15) is 18.3 Å². The van der Waals surface area contributed by atoms with Crippen molar-refractivity contribution in [2.45, 2.75) is 24.8 Å². The maximum Gasteiger partial charge on any atom is 0.243 e. The Morgan fingerprint density at radius 3 is 2.45 bits per heavy atom. The fraction of sp³-hybridized carbons (Fsp3) is 0.381. The number of rotatable bonds is 6. The molecule has 1 aliphatic heterocycles. The maximum atomic E-state index is 12.9. The van der Waals surface area contributed by atoms with E-state index in [1.54, 1.807) is 23.5 Å². The summed E-state index contributed by atoms with van der Waals surface area (Å²) in [4.78, 5) is 10.6. The zero-order valence-electron chi connectivity index (χ0n) is 16.8. The molecule has 0 spiro atoms. The number of hydrogen-bond donors (Lipinski definition) is 1. The number of aromatic amines is 1. The van der Waals surface area contributed by atoms with Crippen LogP contribution in [0.15, 0.2) is 47.4 Å². The second-order valence-corrected chi connectivity index (χ2v) is 9.18. The number of nitrogens with one attached hydrogen (secondary N) is 1. The Kier molecular flexibility index (Phi) is 5.58. The molecule has 154 valence electrons. The lowest BCUT2D eigenvalue weighted by Gasteiger charge is -2.33. The lowest BCUT2D eigenvalue weighted by Crippen LogP contribution is -2.48. The van der Waals surface area contributed by atoms with Crippen molar-refractivity contribution in [1.82, 2.24) is 19.2 Å². The largest absolute Gasteiger partial charge is 0.497 e. The van der Waals surface area contributed by atoms with Crippen LogP contribution in [0.25, 0.3) is 11.0 Å². The summed E-state index contributed by atoms with van der Waals surface area (Å²) in [5.41, 5.74) is 2.98. The molecule has 2 aromatic carbocycles. The lowest BCUT2D eigenvalue weighted by atomic mass is 10.2. The van der Waals surface area contributed by atoms with Crippen LogP contribution < -0.4 is 4.74 Å². The van der Waals surface area contributed by atoms with Crippen molar-refractivity contribution in [1.29, 1.82) is 0 Å². The van der Waals surface area contributed by atoms with Gasteiger partial charge in [-0.05, 0) is 36.2 Å². The molecular weight excluding hydrogens is 388 g/mol. The van der Waals surface area contributed by atoms with Crippen LogP contribution in [0, 0.1) is 0 Å². The van der Waals surface area contributed by atoms with Crippen LogP contribution in [0.4, 0.5) is 0 Å². The molecule has 1 aromatic heterocycles. The Morgan fingerprint density at radius 2 is 1.79 bits per heavy atom. The zero-order chi connectivity index (χ0) is 20.4. The van der Waals surface area contributed by atoms with E-state index in [0.717, 1.165) is 34.6 Å². The van der Waals surface area contributed by atoms with Gasteiger partial charge < -0.3 is 9.72 Å². The second-order valence-electron chi connectivity index (χ2n) is 7.24. The van der Waals surface area contributed by atoms with Crippen LogP contribution >= 0.6 is 0 Å². The molecule has 0 amide bonds. The molecule has 1 saturated heterocycles. The summed E-state index contributed by atoms with van der Waals surface area (Å²) in [6.45, 7) is 5.02. The highest BCUT2D eigenvalue weighted by Gasteiger charge is 2.28. The number of methoxy groups -OCH3 is 1. The Balaban J connectivity index is 1.40. The third kappa shape index (κ3) is 4.14. The van der Waals surface area contributed by atoms with Gasteiger partial charge in [-0.15, -0.1) is 0 Å². The smallest absolute Gasteiger partial charge is 0.243 e. The number of hydrogen-bond acceptors (Lipinski definition) is 5. The number of piperazine rings is 1. The number of H-pyrrole nitrogens is 1. The van der Waals surface area contributed by atoms with Gasteiger partial charge in [0.15, 0.2) is 0 Å². The average molecular weight is 415 g/mol. The minimum absolute atomic E-state index is 0.370. The first-order chi connectivity index (χ1) is 14.0. The minimum atomic E-state index is -3.44. The van der Waals surface area contributed by atoms with Crippen molar-refractivity contribution in [2.24, 2.45) is 0 Å². The molecule has 3 aromatic rings. The van der Waals surface area contributed by atoms with Crippen molar-refractivity contribution in [3.8, 4) is 5.75 Å². The van der Waals surface area contributed by atoms with Crippen LogP contribution in [0.3, 0.4) is 0 Å². The normalized spacial score (nSPS) is 16.3. The number of imidazole rings is 1. The van der Waals surface area contributed by atoms with Gasteiger partial charge in [0.2, 0.25) is 10.0 Å². The zero-order valence-corrected chi connectivity index (χ0v) is 17.6. The Morgan fingerprint density at radius 1 is 1.07 bits per heavy atom. The van der Waals surface area contributed by atoms with Gasteiger partial charge in [0, 0.05) is 32.2 Å². The van der Waals surface area contributed by atoms with Crippen molar-refractivity contribution in [3.05, 3.63) is 53.9 Å². The van der Waals surface area contributed by atoms with Crippen LogP contribution in [0.5, 0.6) is 5.75 Å². The Bertz CT molecular complexity index is 1080. The van der Waals surface area contributed by atoms with Gasteiger partial charge in [0.1, 0.15) is 11.6 Å². The fourth-order valence-electron chi connectivity index (χ4n) is 3.63. The fourth-order valence-corrected chi connectivity index (χ4v) is 5.05. The number of fused-ring (bicyclic) bond motifs is 1. The average Bonchev–Trinajstić information content (AvgIpc) is 3.15. The molecule has 1 N–H and O–H groups in total. The van der Waals surface area contributed by atoms with Crippen LogP contribution in [0.2, 0.25) is 0 Å². The Labute approximate surface area is 171 Å². The minimum Gasteiger partial charge on any atom is -0.497 e. The molecule has 0 saturated carbocycles. The standard InChI is InChI=1S/C21H26N4O3S/c1-3-16-4-7-18(8-5-16)29(26,27)25-12-10-24(11-13-25)15-21-22-19-9-6-17(28-2)14-20(19)23-21/h4-9,14H,3,10-13,15H2,1-2H3,(H,22,23). The summed E-state index contributed by atoms with van der Waals surface area (Å²) in [6.07, 6.45) is 0.896. The first-order valence-electron chi connectivity index (χ1n) is 9.83. The molecule has 0 aliphatic carbocycles. The second kappa shape index (κ2) is 8.14. The summed E-state index contributed by atoms with van der Waals surface area (Å²) < 4.78 is 32.6. The van der Waals surface area contributed by atoms with E-state index in [1.807, 2.05) is 30.3 Å². The quantitative estimate of drug-likeness (QED) is 0.671. The van der Waals surface area contributed by atoms with Crippen molar-refractivity contribution >= 4 is 21.1 Å². The SMILES string of the molecule is CCc1ccc(S(=O)(=O)N2CCN(Cc3nc4ccc(OC)cc4[nH]3)CC2)cc1. The van der Waals surface area contributed by atoms with Gasteiger partial charge in [-0.25, -0.2) is 13.4 Å². The van der Waals surface area contributed by atoms with E-state index >= 15 is 0 Å². The van der Waals surface area contributed by atoms with Gasteiger partial charge in [-0.1, -0.05) is 19.1 Å². The van der Waals surface area contributed by atoms with Gasteiger partial charge in [-0.3, -0.25) is 4.90 Å². The molecule has 4 rings (SSSR count). The molecule has 0 unspecified atom stereocenters. The molecule has 1 aliphatic rings. The predicted octanol–water partition coefficient (Wildman–Crippen LogP) is 2.64. The molecule has 1 fully saturated rings. The molecular formula is C21H26N4O3S.